The van der Waals surface area contributed by atoms with Gasteiger partial charge in [0.05, 0.1) is 16.3 Å². The number of halogens is 1. The lowest BCUT2D eigenvalue weighted by Gasteiger charge is -2.09. The molecule has 1 amide bonds. The maximum atomic E-state index is 12.1. The largest absolute Gasteiger partial charge is 0.494 e. The molecule has 25 heavy (non-hydrogen) atoms. The lowest BCUT2D eigenvalue weighted by molar-refractivity contribution is 0.0955. The topological polar surface area (TPSA) is 117 Å². The first-order valence-corrected chi connectivity index (χ1v) is 7.51. The van der Waals surface area contributed by atoms with Gasteiger partial charge in [-0.25, -0.2) is 10.2 Å². The zero-order valence-electron chi connectivity index (χ0n) is 13.2. The van der Waals surface area contributed by atoms with Crippen molar-refractivity contribution in [2.24, 2.45) is 5.10 Å². The summed E-state index contributed by atoms with van der Waals surface area (Å²) in [5, 5.41) is 14.2. The Morgan fingerprint density at radius 1 is 1.44 bits per heavy atom. The van der Waals surface area contributed by atoms with Crippen molar-refractivity contribution in [3.63, 3.8) is 0 Å². The van der Waals surface area contributed by atoms with Gasteiger partial charge in [0.15, 0.2) is 0 Å². The molecule has 130 valence electrons. The third-order valence-electron chi connectivity index (χ3n) is 3.29. The van der Waals surface area contributed by atoms with Gasteiger partial charge in [-0.05, 0) is 19.1 Å². The van der Waals surface area contributed by atoms with Crippen molar-refractivity contribution < 1.29 is 9.90 Å². The van der Waals surface area contributed by atoms with Gasteiger partial charge in [-0.3, -0.25) is 19.1 Å². The van der Waals surface area contributed by atoms with Crippen molar-refractivity contribution in [2.75, 3.05) is 0 Å². The van der Waals surface area contributed by atoms with E-state index >= 15 is 0 Å². The Morgan fingerprint density at radius 3 is 2.76 bits per heavy atom. The Balaban J connectivity index is 2.37. The molecular formula is C16H15ClN4O4. The minimum Gasteiger partial charge on any atom is -0.494 e. The SMILES string of the molecule is C=CCn1c(O)c(/C(C)=N\NC(=O)c2ccccc2Cl)c(=O)[nH]c1=O. The summed E-state index contributed by atoms with van der Waals surface area (Å²) in [4.78, 5) is 37.8. The molecule has 3 N–H and O–H groups in total. The highest BCUT2D eigenvalue weighted by Gasteiger charge is 2.17. The molecule has 1 aromatic heterocycles. The van der Waals surface area contributed by atoms with E-state index in [0.29, 0.717) is 0 Å². The van der Waals surface area contributed by atoms with E-state index in [2.05, 4.69) is 22.1 Å². The van der Waals surface area contributed by atoms with Gasteiger partial charge in [0.25, 0.3) is 11.5 Å². The van der Waals surface area contributed by atoms with E-state index in [1.165, 1.54) is 19.1 Å². The van der Waals surface area contributed by atoms with E-state index in [1.807, 2.05) is 0 Å². The van der Waals surface area contributed by atoms with E-state index in [0.717, 1.165) is 4.57 Å². The molecule has 2 rings (SSSR count). The van der Waals surface area contributed by atoms with Crippen LogP contribution in [-0.4, -0.2) is 26.3 Å². The number of amides is 1. The molecule has 0 unspecified atom stereocenters. The van der Waals surface area contributed by atoms with E-state index in [9.17, 15) is 19.5 Å². The second-order valence-corrected chi connectivity index (χ2v) is 5.38. The predicted octanol–water partition coefficient (Wildman–Crippen LogP) is 1.24. The molecule has 9 heteroatoms. The van der Waals surface area contributed by atoms with Crippen LogP contribution in [0.4, 0.5) is 0 Å². The molecule has 0 aliphatic carbocycles. The number of carbonyl (C=O) groups is 1. The molecule has 1 aromatic carbocycles. The summed E-state index contributed by atoms with van der Waals surface area (Å²) in [6, 6.07) is 6.37. The summed E-state index contributed by atoms with van der Waals surface area (Å²) < 4.78 is 0.915. The van der Waals surface area contributed by atoms with Crippen molar-refractivity contribution >= 4 is 23.2 Å². The first kappa shape index (κ1) is 18.2. The highest BCUT2D eigenvalue weighted by Crippen LogP contribution is 2.15. The Bertz CT molecular complexity index is 975. The molecule has 0 fully saturated rings. The lowest BCUT2D eigenvalue weighted by atomic mass is 10.2. The molecule has 0 bridgehead atoms. The van der Waals surface area contributed by atoms with Crippen molar-refractivity contribution in [3.8, 4) is 5.88 Å². The van der Waals surface area contributed by atoms with Crippen LogP contribution in [-0.2, 0) is 6.54 Å². The minimum atomic E-state index is -0.823. The molecule has 1 heterocycles. The number of H-pyrrole nitrogens is 1. The number of aromatic hydroxyl groups is 1. The summed E-state index contributed by atoms with van der Waals surface area (Å²) in [5.41, 5.74) is 0.630. The second kappa shape index (κ2) is 7.63. The van der Waals surface area contributed by atoms with Crippen LogP contribution in [0.2, 0.25) is 5.02 Å². The van der Waals surface area contributed by atoms with Gasteiger partial charge in [0, 0.05) is 6.54 Å². The monoisotopic (exact) mass is 362 g/mol. The molecule has 2 aromatic rings. The number of nitrogens with one attached hydrogen (secondary N) is 2. The number of rotatable bonds is 5. The Morgan fingerprint density at radius 2 is 2.12 bits per heavy atom. The van der Waals surface area contributed by atoms with Crippen LogP contribution >= 0.6 is 11.6 Å². The van der Waals surface area contributed by atoms with Crippen molar-refractivity contribution in [1.29, 1.82) is 0 Å². The maximum absolute atomic E-state index is 12.1. The standard InChI is InChI=1S/C16H15ClN4O4/c1-3-8-21-15(24)12(14(23)18-16(21)25)9(2)19-20-13(22)10-6-4-5-7-11(10)17/h3-7,24H,1,8H2,2H3,(H,20,22)(H,18,23,25)/b19-9-. The van der Waals surface area contributed by atoms with Gasteiger partial charge in [-0.1, -0.05) is 29.8 Å². The number of aromatic nitrogens is 2. The van der Waals surface area contributed by atoms with Gasteiger partial charge >= 0.3 is 5.69 Å². The number of carbonyl (C=O) groups excluding carboxylic acids is 1. The number of hydrazone groups is 1. The third kappa shape index (κ3) is 3.86. The normalized spacial score (nSPS) is 11.2. The minimum absolute atomic E-state index is 0.00624. The van der Waals surface area contributed by atoms with Crippen LogP contribution in [0, 0.1) is 0 Å². The van der Waals surface area contributed by atoms with Crippen LogP contribution in [0.1, 0.15) is 22.8 Å². The zero-order valence-corrected chi connectivity index (χ0v) is 14.0. The first-order chi connectivity index (χ1) is 11.9. The lowest BCUT2D eigenvalue weighted by Crippen LogP contribution is -2.34. The average Bonchev–Trinajstić information content (AvgIpc) is 2.56. The molecule has 0 radical (unpaired) electrons. The third-order valence-corrected chi connectivity index (χ3v) is 3.62. The van der Waals surface area contributed by atoms with Crippen LogP contribution in [0.3, 0.4) is 0 Å². The van der Waals surface area contributed by atoms with Gasteiger partial charge in [-0.2, -0.15) is 5.10 Å². The molecule has 8 nitrogen and oxygen atoms in total. The fraction of sp³-hybridized carbons (Fsp3) is 0.125. The zero-order chi connectivity index (χ0) is 18.6. The van der Waals surface area contributed by atoms with Gasteiger partial charge in [-0.15, -0.1) is 6.58 Å². The number of nitrogens with zero attached hydrogens (tertiary/aromatic N) is 2. The Kier molecular flexibility index (Phi) is 5.56. The van der Waals surface area contributed by atoms with Crippen molar-refractivity contribution in [3.05, 3.63) is 73.9 Å². The van der Waals surface area contributed by atoms with Gasteiger partial charge in [0.1, 0.15) is 5.56 Å². The molecule has 0 aliphatic heterocycles. The summed E-state index contributed by atoms with van der Waals surface area (Å²) in [7, 11) is 0. The van der Waals surface area contributed by atoms with E-state index < -0.39 is 23.0 Å². The molecule has 0 saturated heterocycles. The number of hydrogen-bond donors (Lipinski definition) is 3. The van der Waals surface area contributed by atoms with Crippen LogP contribution in [0.5, 0.6) is 5.88 Å². The summed E-state index contributed by atoms with van der Waals surface area (Å²) in [5.74, 6) is -1.15. The molecular weight excluding hydrogens is 348 g/mol. The highest BCUT2D eigenvalue weighted by molar-refractivity contribution is 6.33. The predicted molar refractivity (Wildman–Crippen MR) is 94.3 cm³/mol. The number of allylic oxidation sites excluding steroid dienone is 1. The maximum Gasteiger partial charge on any atom is 0.331 e. The summed E-state index contributed by atoms with van der Waals surface area (Å²) in [6.45, 7) is 4.87. The number of aromatic amines is 1. The molecule has 0 atom stereocenters. The van der Waals surface area contributed by atoms with Crippen LogP contribution < -0.4 is 16.7 Å². The van der Waals surface area contributed by atoms with E-state index in [-0.39, 0.29) is 28.4 Å². The van der Waals surface area contributed by atoms with E-state index in [4.69, 9.17) is 11.6 Å². The molecule has 0 spiro atoms. The fourth-order valence-corrected chi connectivity index (χ4v) is 2.30. The molecule has 0 aliphatic rings. The number of benzene rings is 1. The first-order valence-electron chi connectivity index (χ1n) is 7.13. The van der Waals surface area contributed by atoms with Crippen molar-refractivity contribution in [1.82, 2.24) is 15.0 Å². The van der Waals surface area contributed by atoms with E-state index in [1.54, 1.807) is 18.2 Å². The van der Waals surface area contributed by atoms with Crippen LogP contribution in [0.25, 0.3) is 0 Å². The Hall–Kier alpha value is -3.13. The quantitative estimate of drug-likeness (QED) is 0.421. The smallest absolute Gasteiger partial charge is 0.331 e. The average molecular weight is 363 g/mol. The van der Waals surface area contributed by atoms with Crippen LogP contribution in [0.15, 0.2) is 51.6 Å². The Labute approximate surface area is 147 Å². The number of hydrogen-bond acceptors (Lipinski definition) is 5. The summed E-state index contributed by atoms with van der Waals surface area (Å²) in [6.07, 6.45) is 1.38. The van der Waals surface area contributed by atoms with Gasteiger partial charge < -0.3 is 5.11 Å². The molecule has 0 saturated carbocycles. The highest BCUT2D eigenvalue weighted by atomic mass is 35.5. The fourth-order valence-electron chi connectivity index (χ4n) is 2.08. The second-order valence-electron chi connectivity index (χ2n) is 4.98. The van der Waals surface area contributed by atoms with Crippen molar-refractivity contribution in [2.45, 2.75) is 13.5 Å². The summed E-state index contributed by atoms with van der Waals surface area (Å²) >= 11 is 5.92. The van der Waals surface area contributed by atoms with Gasteiger partial charge in [0.2, 0.25) is 5.88 Å².